The smallest absolute Gasteiger partial charge is 0.324 e. The summed E-state index contributed by atoms with van der Waals surface area (Å²) in [6.45, 7) is 0.766. The van der Waals surface area contributed by atoms with Crippen LogP contribution < -0.4 is 5.32 Å². The van der Waals surface area contributed by atoms with Gasteiger partial charge in [0.05, 0.1) is 18.4 Å². The molecular weight excluding hydrogens is 337 g/mol. The molecule has 0 radical (unpaired) electrons. The Morgan fingerprint density at radius 3 is 2.88 bits per heavy atom. The lowest BCUT2D eigenvalue weighted by molar-refractivity contribution is -0.176. The van der Waals surface area contributed by atoms with E-state index in [9.17, 15) is 18.0 Å². The lowest BCUT2D eigenvalue weighted by atomic mass is 10.1. The molecule has 1 N–H and O–H groups in total. The van der Waals surface area contributed by atoms with Gasteiger partial charge in [-0.2, -0.15) is 13.2 Å². The zero-order chi connectivity index (χ0) is 17.9. The highest BCUT2D eigenvalue weighted by atomic mass is 19.4. The minimum Gasteiger partial charge on any atom is -0.324 e. The third-order valence-corrected chi connectivity index (χ3v) is 3.95. The van der Waals surface area contributed by atoms with Gasteiger partial charge in [-0.15, -0.1) is 5.10 Å². The van der Waals surface area contributed by atoms with Crippen LogP contribution in [0.3, 0.4) is 0 Å². The standard InChI is InChI=1S/C15H17F3N6O/c16-15(17,18)13-4-6-19-7-8-24(13)14(25)12-10-23(22-21-12)9-11-3-1-2-5-20-11/h1-3,5,10,13,19H,4,6-9H2. The predicted molar refractivity (Wildman–Crippen MR) is 81.7 cm³/mol. The molecule has 7 nitrogen and oxygen atoms in total. The van der Waals surface area contributed by atoms with Crippen LogP contribution in [-0.4, -0.2) is 62.6 Å². The maximum atomic E-state index is 13.3. The molecule has 1 atom stereocenters. The van der Waals surface area contributed by atoms with Crippen LogP contribution in [-0.2, 0) is 6.54 Å². The number of amides is 1. The summed E-state index contributed by atoms with van der Waals surface area (Å²) >= 11 is 0. The van der Waals surface area contributed by atoms with Crippen LogP contribution in [0.5, 0.6) is 0 Å². The van der Waals surface area contributed by atoms with Crippen molar-refractivity contribution >= 4 is 5.91 Å². The zero-order valence-electron chi connectivity index (χ0n) is 13.3. The molecule has 0 spiro atoms. The van der Waals surface area contributed by atoms with E-state index in [2.05, 4.69) is 20.6 Å². The van der Waals surface area contributed by atoms with Crippen LogP contribution in [0, 0.1) is 0 Å². The molecule has 3 rings (SSSR count). The lowest BCUT2D eigenvalue weighted by Gasteiger charge is -2.30. The van der Waals surface area contributed by atoms with E-state index in [-0.39, 0.29) is 31.7 Å². The molecule has 1 aliphatic heterocycles. The van der Waals surface area contributed by atoms with Crippen molar-refractivity contribution in [3.8, 4) is 0 Å². The van der Waals surface area contributed by atoms with Crippen molar-refractivity contribution < 1.29 is 18.0 Å². The molecule has 0 saturated carbocycles. The molecule has 0 aromatic carbocycles. The lowest BCUT2D eigenvalue weighted by Crippen LogP contribution is -2.49. The highest BCUT2D eigenvalue weighted by Crippen LogP contribution is 2.28. The van der Waals surface area contributed by atoms with Crippen molar-refractivity contribution in [1.29, 1.82) is 0 Å². The normalized spacial score (nSPS) is 18.8. The van der Waals surface area contributed by atoms with Gasteiger partial charge in [-0.3, -0.25) is 9.78 Å². The SMILES string of the molecule is O=C(c1cn(Cc2ccccn2)nn1)N1CCNCCC1C(F)(F)F. The Labute approximate surface area is 141 Å². The molecular formula is C15H17F3N6O. The summed E-state index contributed by atoms with van der Waals surface area (Å²) in [7, 11) is 0. The second-order valence-electron chi connectivity index (χ2n) is 5.72. The average Bonchev–Trinajstić information content (AvgIpc) is 2.89. The van der Waals surface area contributed by atoms with Crippen molar-refractivity contribution in [3.63, 3.8) is 0 Å². The maximum absolute atomic E-state index is 13.3. The molecule has 0 bridgehead atoms. The van der Waals surface area contributed by atoms with Gasteiger partial charge >= 0.3 is 6.18 Å². The molecule has 134 valence electrons. The van der Waals surface area contributed by atoms with E-state index < -0.39 is 18.1 Å². The maximum Gasteiger partial charge on any atom is 0.408 e. The molecule has 1 fully saturated rings. The molecule has 1 aliphatic rings. The summed E-state index contributed by atoms with van der Waals surface area (Å²) in [6, 6.07) is 3.54. The fourth-order valence-electron chi connectivity index (χ4n) is 2.74. The number of carbonyl (C=O) groups is 1. The Hall–Kier alpha value is -2.49. The van der Waals surface area contributed by atoms with Crippen LogP contribution in [0.4, 0.5) is 13.2 Å². The summed E-state index contributed by atoms with van der Waals surface area (Å²) in [5, 5.41) is 10.4. The molecule has 1 unspecified atom stereocenters. The third kappa shape index (κ3) is 4.13. The summed E-state index contributed by atoms with van der Waals surface area (Å²) in [6.07, 6.45) is -1.69. The average molecular weight is 354 g/mol. The molecule has 3 heterocycles. The second kappa shape index (κ2) is 7.18. The highest BCUT2D eigenvalue weighted by Gasteiger charge is 2.46. The quantitative estimate of drug-likeness (QED) is 0.893. The van der Waals surface area contributed by atoms with E-state index in [1.165, 1.54) is 10.9 Å². The van der Waals surface area contributed by atoms with Gasteiger partial charge in [0.2, 0.25) is 0 Å². The topological polar surface area (TPSA) is 75.9 Å². The minimum absolute atomic E-state index is 0.0316. The molecule has 10 heteroatoms. The van der Waals surface area contributed by atoms with Crippen LogP contribution >= 0.6 is 0 Å². The molecule has 1 saturated heterocycles. The fraction of sp³-hybridized carbons (Fsp3) is 0.467. The first-order valence-corrected chi connectivity index (χ1v) is 7.83. The first-order chi connectivity index (χ1) is 11.9. The predicted octanol–water partition coefficient (Wildman–Crippen LogP) is 1.09. The minimum atomic E-state index is -4.48. The number of hydrogen-bond donors (Lipinski definition) is 1. The number of pyridine rings is 1. The number of alkyl halides is 3. The molecule has 2 aromatic rings. The summed E-state index contributed by atoms with van der Waals surface area (Å²) in [4.78, 5) is 17.5. The molecule has 2 aromatic heterocycles. The Morgan fingerprint density at radius 1 is 1.32 bits per heavy atom. The largest absolute Gasteiger partial charge is 0.408 e. The monoisotopic (exact) mass is 354 g/mol. The summed E-state index contributed by atoms with van der Waals surface area (Å²) in [5.41, 5.74) is 0.602. The number of aromatic nitrogens is 4. The van der Waals surface area contributed by atoms with E-state index in [1.807, 2.05) is 6.07 Å². The van der Waals surface area contributed by atoms with Gasteiger partial charge in [-0.25, -0.2) is 4.68 Å². The van der Waals surface area contributed by atoms with Crippen molar-refractivity contribution in [2.24, 2.45) is 0 Å². The van der Waals surface area contributed by atoms with E-state index in [4.69, 9.17) is 0 Å². The van der Waals surface area contributed by atoms with Gasteiger partial charge in [-0.1, -0.05) is 11.3 Å². The number of halogens is 3. The van der Waals surface area contributed by atoms with Crippen LogP contribution in [0.2, 0.25) is 0 Å². The Balaban J connectivity index is 1.77. The van der Waals surface area contributed by atoms with Crippen molar-refractivity contribution in [2.75, 3.05) is 19.6 Å². The van der Waals surface area contributed by atoms with E-state index >= 15 is 0 Å². The first-order valence-electron chi connectivity index (χ1n) is 7.83. The zero-order valence-corrected chi connectivity index (χ0v) is 13.3. The molecule has 1 amide bonds. The number of rotatable bonds is 3. The second-order valence-corrected chi connectivity index (χ2v) is 5.72. The van der Waals surface area contributed by atoms with Gasteiger partial charge < -0.3 is 10.2 Å². The fourth-order valence-corrected chi connectivity index (χ4v) is 2.74. The van der Waals surface area contributed by atoms with Crippen LogP contribution in [0.25, 0.3) is 0 Å². The Kier molecular flexibility index (Phi) is 4.98. The van der Waals surface area contributed by atoms with E-state index in [0.29, 0.717) is 12.2 Å². The van der Waals surface area contributed by atoms with Gasteiger partial charge in [0.1, 0.15) is 6.04 Å². The van der Waals surface area contributed by atoms with Gasteiger partial charge in [0.15, 0.2) is 5.69 Å². The Bertz CT molecular complexity index is 718. The van der Waals surface area contributed by atoms with E-state index in [0.717, 1.165) is 4.90 Å². The highest BCUT2D eigenvalue weighted by molar-refractivity contribution is 5.92. The van der Waals surface area contributed by atoms with Crippen LogP contribution in [0.15, 0.2) is 30.6 Å². The van der Waals surface area contributed by atoms with Crippen molar-refractivity contribution in [2.45, 2.75) is 25.2 Å². The molecule has 25 heavy (non-hydrogen) atoms. The number of nitrogens with one attached hydrogen (secondary N) is 1. The first kappa shape index (κ1) is 17.3. The van der Waals surface area contributed by atoms with Gasteiger partial charge in [0, 0.05) is 19.3 Å². The number of hydrogen-bond acceptors (Lipinski definition) is 5. The van der Waals surface area contributed by atoms with Crippen molar-refractivity contribution in [1.82, 2.24) is 30.2 Å². The number of nitrogens with zero attached hydrogens (tertiary/aromatic N) is 5. The van der Waals surface area contributed by atoms with Crippen molar-refractivity contribution in [3.05, 3.63) is 42.0 Å². The van der Waals surface area contributed by atoms with Gasteiger partial charge in [0.25, 0.3) is 5.91 Å². The van der Waals surface area contributed by atoms with Crippen LogP contribution in [0.1, 0.15) is 22.6 Å². The van der Waals surface area contributed by atoms with Gasteiger partial charge in [-0.05, 0) is 25.1 Å². The Morgan fingerprint density at radius 2 is 2.16 bits per heavy atom. The summed E-state index contributed by atoms with van der Waals surface area (Å²) < 4.78 is 41.2. The van der Waals surface area contributed by atoms with E-state index in [1.54, 1.807) is 18.3 Å². The summed E-state index contributed by atoms with van der Waals surface area (Å²) in [5.74, 6) is -0.765. The third-order valence-electron chi connectivity index (χ3n) is 3.95. The molecule has 0 aliphatic carbocycles. The number of carbonyl (C=O) groups excluding carboxylic acids is 1.